The lowest BCUT2D eigenvalue weighted by molar-refractivity contribution is -0.0157. The van der Waals surface area contributed by atoms with Gasteiger partial charge < -0.3 is 0 Å². The fraction of sp³-hybridized carbons (Fsp3) is 0.278. The Morgan fingerprint density at radius 3 is 2.19 bits per heavy atom. The fourth-order valence-corrected chi connectivity index (χ4v) is 2.27. The Kier molecular flexibility index (Phi) is 5.20. The lowest BCUT2D eigenvalue weighted by Gasteiger charge is -2.16. The van der Waals surface area contributed by atoms with Gasteiger partial charge in [0.25, 0.3) is 5.92 Å². The zero-order valence-corrected chi connectivity index (χ0v) is 11.8. The van der Waals surface area contributed by atoms with E-state index in [1.165, 1.54) is 29.8 Å². The third-order valence-corrected chi connectivity index (χ3v) is 3.52. The lowest BCUT2D eigenvalue weighted by atomic mass is 9.99. The topological polar surface area (TPSA) is 17.1 Å². The first-order chi connectivity index (χ1) is 10.1. The molecule has 0 aliphatic rings. The van der Waals surface area contributed by atoms with E-state index in [2.05, 4.69) is 0 Å². The van der Waals surface area contributed by atoms with Gasteiger partial charge in [0.05, 0.1) is 0 Å². The molecular formula is C18H18F2O. The molecule has 0 N–H and O–H groups in total. The van der Waals surface area contributed by atoms with Crippen LogP contribution in [0.3, 0.4) is 0 Å². The molecule has 0 unspecified atom stereocenters. The monoisotopic (exact) mass is 288 g/mol. The summed E-state index contributed by atoms with van der Waals surface area (Å²) >= 11 is 0. The number of unbranched alkanes of at least 4 members (excludes halogenated alkanes) is 1. The van der Waals surface area contributed by atoms with E-state index in [-0.39, 0.29) is 12.0 Å². The van der Waals surface area contributed by atoms with Gasteiger partial charge in [-0.05, 0) is 24.8 Å². The first kappa shape index (κ1) is 15.4. The number of hydrogen-bond donors (Lipinski definition) is 0. The largest absolute Gasteiger partial charge is 0.298 e. The summed E-state index contributed by atoms with van der Waals surface area (Å²) in [5.74, 6) is -2.84. The predicted octanol–water partition coefficient (Wildman–Crippen LogP) is 5.00. The van der Waals surface area contributed by atoms with Gasteiger partial charge in [-0.1, -0.05) is 54.6 Å². The first-order valence-corrected chi connectivity index (χ1v) is 7.09. The van der Waals surface area contributed by atoms with Crippen molar-refractivity contribution in [1.82, 2.24) is 0 Å². The summed E-state index contributed by atoms with van der Waals surface area (Å²) in [7, 11) is 0. The number of halogens is 2. The Morgan fingerprint density at radius 2 is 1.57 bits per heavy atom. The van der Waals surface area contributed by atoms with Crippen LogP contribution in [0.25, 0.3) is 0 Å². The Labute approximate surface area is 123 Å². The molecule has 1 nitrogen and oxygen atoms in total. The van der Waals surface area contributed by atoms with E-state index in [0.717, 1.165) is 12.8 Å². The smallest absolute Gasteiger partial charge is 0.273 e. The lowest BCUT2D eigenvalue weighted by Crippen LogP contribution is -2.13. The molecule has 110 valence electrons. The third-order valence-electron chi connectivity index (χ3n) is 3.52. The summed E-state index contributed by atoms with van der Waals surface area (Å²) in [6.07, 6.45) is 2.52. The Morgan fingerprint density at radius 1 is 0.905 bits per heavy atom. The summed E-state index contributed by atoms with van der Waals surface area (Å²) in [5.41, 5.74) is 1.57. The van der Waals surface area contributed by atoms with E-state index in [1.807, 2.05) is 30.3 Å². The van der Waals surface area contributed by atoms with Crippen LogP contribution in [0.4, 0.5) is 8.78 Å². The van der Waals surface area contributed by atoms with Crippen LogP contribution < -0.4 is 0 Å². The minimum Gasteiger partial charge on any atom is -0.298 e. The highest BCUT2D eigenvalue weighted by molar-refractivity contribution is 5.74. The molecule has 2 aromatic rings. The molecule has 0 aromatic heterocycles. The van der Waals surface area contributed by atoms with Crippen molar-refractivity contribution in [3.63, 3.8) is 0 Å². The number of alkyl halides is 2. The number of hydrogen-bond acceptors (Lipinski definition) is 1. The van der Waals surface area contributed by atoms with Crippen LogP contribution in [0, 0.1) is 0 Å². The molecule has 0 aliphatic heterocycles. The van der Waals surface area contributed by atoms with E-state index in [9.17, 15) is 13.6 Å². The number of carbonyl (C=O) groups excluding carboxylic acids is 1. The highest BCUT2D eigenvalue weighted by atomic mass is 19.3. The highest BCUT2D eigenvalue weighted by Crippen LogP contribution is 2.33. The van der Waals surface area contributed by atoms with Crippen LogP contribution in [0.1, 0.15) is 40.7 Å². The molecule has 3 heteroatoms. The van der Waals surface area contributed by atoms with Gasteiger partial charge in [-0.3, -0.25) is 4.79 Å². The molecule has 0 aliphatic carbocycles. The van der Waals surface area contributed by atoms with Gasteiger partial charge in [0.2, 0.25) is 0 Å². The molecule has 0 atom stereocenters. The number of aryl methyl sites for hydroxylation is 1. The van der Waals surface area contributed by atoms with E-state index in [1.54, 1.807) is 0 Å². The van der Waals surface area contributed by atoms with E-state index in [4.69, 9.17) is 0 Å². The normalized spacial score (nSPS) is 11.3. The average molecular weight is 288 g/mol. The number of benzene rings is 2. The molecule has 0 saturated heterocycles. The molecule has 0 amide bonds. The van der Waals surface area contributed by atoms with Crippen LogP contribution in [0.5, 0.6) is 0 Å². The van der Waals surface area contributed by atoms with Crippen LogP contribution in [0.15, 0.2) is 54.6 Å². The van der Waals surface area contributed by atoms with Gasteiger partial charge in [-0.2, -0.15) is 0 Å². The van der Waals surface area contributed by atoms with Crippen LogP contribution in [0.2, 0.25) is 0 Å². The third kappa shape index (κ3) is 4.48. The molecule has 2 rings (SSSR count). The Balaban J connectivity index is 1.84. The van der Waals surface area contributed by atoms with Crippen molar-refractivity contribution in [1.29, 1.82) is 0 Å². The minimum absolute atomic E-state index is 0.0205. The van der Waals surface area contributed by atoms with E-state index in [0.29, 0.717) is 18.3 Å². The molecule has 0 saturated carbocycles. The van der Waals surface area contributed by atoms with Crippen molar-refractivity contribution >= 4 is 6.29 Å². The molecule has 0 bridgehead atoms. The van der Waals surface area contributed by atoms with E-state index < -0.39 is 5.92 Å². The summed E-state index contributed by atoms with van der Waals surface area (Å²) < 4.78 is 28.1. The maximum atomic E-state index is 14.0. The molecule has 0 spiro atoms. The van der Waals surface area contributed by atoms with E-state index >= 15 is 0 Å². The van der Waals surface area contributed by atoms with Gasteiger partial charge in [0.15, 0.2) is 0 Å². The second-order valence-corrected chi connectivity index (χ2v) is 5.14. The minimum atomic E-state index is -2.84. The molecular weight excluding hydrogens is 270 g/mol. The standard InChI is InChI=1S/C18H18F2O/c19-18(20,17-11-9-16(14-21)10-12-17)13-5-4-8-15-6-2-1-3-7-15/h1-3,6-7,9-12,14H,4-5,8,13H2. The quantitative estimate of drug-likeness (QED) is 0.517. The summed E-state index contributed by atoms with van der Waals surface area (Å²) in [4.78, 5) is 10.5. The highest BCUT2D eigenvalue weighted by Gasteiger charge is 2.30. The second kappa shape index (κ2) is 7.11. The van der Waals surface area contributed by atoms with Crippen molar-refractivity contribution in [2.45, 2.75) is 31.6 Å². The Hall–Kier alpha value is -2.03. The molecule has 21 heavy (non-hydrogen) atoms. The zero-order chi connectivity index (χ0) is 15.1. The maximum Gasteiger partial charge on any atom is 0.273 e. The number of carbonyl (C=O) groups is 1. The molecule has 0 radical (unpaired) electrons. The van der Waals surface area contributed by atoms with Gasteiger partial charge in [-0.25, -0.2) is 8.78 Å². The van der Waals surface area contributed by atoms with Gasteiger partial charge in [0, 0.05) is 17.5 Å². The van der Waals surface area contributed by atoms with Crippen molar-refractivity contribution < 1.29 is 13.6 Å². The van der Waals surface area contributed by atoms with Gasteiger partial charge >= 0.3 is 0 Å². The predicted molar refractivity (Wildman–Crippen MR) is 79.7 cm³/mol. The molecule has 2 aromatic carbocycles. The van der Waals surface area contributed by atoms with Crippen molar-refractivity contribution in [2.75, 3.05) is 0 Å². The zero-order valence-electron chi connectivity index (χ0n) is 11.8. The summed E-state index contributed by atoms with van der Waals surface area (Å²) in [6.45, 7) is 0. The molecule has 0 fully saturated rings. The van der Waals surface area contributed by atoms with Crippen molar-refractivity contribution in [3.8, 4) is 0 Å². The second-order valence-electron chi connectivity index (χ2n) is 5.14. The Bertz CT molecular complexity index is 562. The number of rotatable bonds is 7. The van der Waals surface area contributed by atoms with Crippen molar-refractivity contribution in [3.05, 3.63) is 71.3 Å². The average Bonchev–Trinajstić information content (AvgIpc) is 2.53. The van der Waals surface area contributed by atoms with Crippen LogP contribution >= 0.6 is 0 Å². The van der Waals surface area contributed by atoms with Crippen LogP contribution in [-0.2, 0) is 12.3 Å². The maximum absolute atomic E-state index is 14.0. The van der Waals surface area contributed by atoms with Crippen LogP contribution in [-0.4, -0.2) is 6.29 Å². The summed E-state index contributed by atoms with van der Waals surface area (Å²) in [6, 6.07) is 15.4. The number of aldehydes is 1. The van der Waals surface area contributed by atoms with Crippen molar-refractivity contribution in [2.24, 2.45) is 0 Å². The fourth-order valence-electron chi connectivity index (χ4n) is 2.27. The van der Waals surface area contributed by atoms with Gasteiger partial charge in [0.1, 0.15) is 6.29 Å². The van der Waals surface area contributed by atoms with Gasteiger partial charge in [-0.15, -0.1) is 0 Å². The first-order valence-electron chi connectivity index (χ1n) is 7.09. The SMILES string of the molecule is O=Cc1ccc(C(F)(F)CCCCc2ccccc2)cc1. The molecule has 0 heterocycles. The summed E-state index contributed by atoms with van der Waals surface area (Å²) in [5, 5.41) is 0.